The molecule has 0 aliphatic heterocycles. The third-order valence-electron chi connectivity index (χ3n) is 4.11. The van der Waals surface area contributed by atoms with Gasteiger partial charge in [-0.05, 0) is 31.9 Å². The Morgan fingerprint density at radius 3 is 2.66 bits per heavy atom. The first-order chi connectivity index (χ1) is 13.6. The number of carbonyl (C=O) groups excluding carboxylic acids is 1. The highest BCUT2D eigenvalue weighted by molar-refractivity contribution is 7.90. The summed E-state index contributed by atoms with van der Waals surface area (Å²) in [7, 11) is -3.54. The van der Waals surface area contributed by atoms with Crippen LogP contribution in [0.5, 0.6) is 0 Å². The molecule has 1 amide bonds. The zero-order valence-electron chi connectivity index (χ0n) is 16.5. The number of aryl methyl sites for hydroxylation is 2. The summed E-state index contributed by atoms with van der Waals surface area (Å²) < 4.78 is 23.2. The maximum Gasteiger partial charge on any atom is 0.293 e. The van der Waals surface area contributed by atoms with Crippen LogP contribution in [-0.4, -0.2) is 43.6 Å². The van der Waals surface area contributed by atoms with Crippen LogP contribution < -0.4 is 10.6 Å². The maximum atomic E-state index is 12.4. The largest absolute Gasteiger partial charge is 0.378 e. The van der Waals surface area contributed by atoms with E-state index in [1.54, 1.807) is 6.92 Å². The Morgan fingerprint density at radius 2 is 2.03 bits per heavy atom. The average molecular weight is 441 g/mol. The van der Waals surface area contributed by atoms with Gasteiger partial charge in [0.15, 0.2) is 9.84 Å². The van der Waals surface area contributed by atoms with Crippen LogP contribution in [0.25, 0.3) is 0 Å². The van der Waals surface area contributed by atoms with Crippen molar-refractivity contribution in [2.45, 2.75) is 38.0 Å². The van der Waals surface area contributed by atoms with Gasteiger partial charge < -0.3 is 10.6 Å². The van der Waals surface area contributed by atoms with E-state index in [2.05, 4.69) is 22.5 Å². The van der Waals surface area contributed by atoms with Gasteiger partial charge in [0.2, 0.25) is 0 Å². The number of sulfone groups is 1. The number of thiazole rings is 1. The second-order valence-electron chi connectivity index (χ2n) is 6.52. The van der Waals surface area contributed by atoms with Crippen LogP contribution >= 0.6 is 11.3 Å². The van der Waals surface area contributed by atoms with E-state index in [4.69, 9.17) is 0 Å². The molecule has 2 N–H and O–H groups in total. The van der Waals surface area contributed by atoms with E-state index in [-0.39, 0.29) is 35.3 Å². The zero-order valence-corrected chi connectivity index (χ0v) is 18.2. The first-order valence-corrected chi connectivity index (χ1v) is 11.8. The minimum atomic E-state index is -3.54. The van der Waals surface area contributed by atoms with E-state index in [1.807, 2.05) is 0 Å². The summed E-state index contributed by atoms with van der Waals surface area (Å²) in [5.74, 6) is -0.230. The molecule has 9 nitrogen and oxygen atoms in total. The van der Waals surface area contributed by atoms with Crippen LogP contribution in [0.3, 0.4) is 0 Å². The Kier molecular flexibility index (Phi) is 7.68. The number of nitrogens with one attached hydrogen (secondary N) is 2. The highest BCUT2D eigenvalue weighted by Gasteiger charge is 2.19. The van der Waals surface area contributed by atoms with Gasteiger partial charge >= 0.3 is 0 Å². The van der Waals surface area contributed by atoms with Crippen LogP contribution in [0.1, 0.15) is 40.1 Å². The molecule has 0 saturated heterocycles. The number of hydrogen-bond donors (Lipinski definition) is 2. The molecule has 2 aromatic rings. The summed E-state index contributed by atoms with van der Waals surface area (Å²) in [4.78, 5) is 27.8. The molecule has 0 saturated carbocycles. The predicted molar refractivity (Wildman–Crippen MR) is 112 cm³/mol. The third-order valence-corrected chi connectivity index (χ3v) is 6.44. The first-order valence-electron chi connectivity index (χ1n) is 9.10. The number of aromatic nitrogens is 1. The molecule has 0 aliphatic rings. The second kappa shape index (κ2) is 9.79. The van der Waals surface area contributed by atoms with E-state index in [1.165, 1.54) is 23.5 Å². The SMILES string of the molecule is CCCCc1nc(C)c(C(=O)NCCNc2ccc(S(C)(=O)=O)cc2[N+](=O)[O-])s1. The van der Waals surface area contributed by atoms with Crippen molar-refractivity contribution in [2.24, 2.45) is 0 Å². The quantitative estimate of drug-likeness (QED) is 0.330. The molecular weight excluding hydrogens is 416 g/mol. The lowest BCUT2D eigenvalue weighted by Crippen LogP contribution is -2.28. The molecule has 1 aromatic carbocycles. The van der Waals surface area contributed by atoms with Crippen molar-refractivity contribution < 1.29 is 18.1 Å². The molecule has 2 rings (SSSR count). The fourth-order valence-corrected chi connectivity index (χ4v) is 4.26. The van der Waals surface area contributed by atoms with Gasteiger partial charge in [0.1, 0.15) is 10.6 Å². The maximum absolute atomic E-state index is 12.4. The number of nitrogens with zero attached hydrogens (tertiary/aromatic N) is 2. The molecule has 29 heavy (non-hydrogen) atoms. The van der Waals surface area contributed by atoms with Crippen molar-refractivity contribution in [2.75, 3.05) is 24.7 Å². The van der Waals surface area contributed by atoms with Crippen LogP contribution in [0.2, 0.25) is 0 Å². The number of rotatable bonds is 10. The first kappa shape index (κ1) is 22.8. The second-order valence-corrected chi connectivity index (χ2v) is 9.62. The van der Waals surface area contributed by atoms with E-state index in [0.717, 1.165) is 36.6 Å². The number of benzene rings is 1. The van der Waals surface area contributed by atoms with Crippen molar-refractivity contribution in [1.29, 1.82) is 0 Å². The molecule has 0 unspecified atom stereocenters. The monoisotopic (exact) mass is 440 g/mol. The molecule has 1 heterocycles. The number of carbonyl (C=O) groups is 1. The molecule has 158 valence electrons. The number of nitro groups is 1. The van der Waals surface area contributed by atoms with Crippen molar-refractivity contribution >= 4 is 38.5 Å². The Labute approximate surface area is 173 Å². The summed E-state index contributed by atoms with van der Waals surface area (Å²) in [6.45, 7) is 4.38. The van der Waals surface area contributed by atoms with Crippen molar-refractivity contribution in [3.63, 3.8) is 0 Å². The van der Waals surface area contributed by atoms with Gasteiger partial charge in [-0.3, -0.25) is 14.9 Å². The van der Waals surface area contributed by atoms with Crippen molar-refractivity contribution in [1.82, 2.24) is 10.3 Å². The lowest BCUT2D eigenvalue weighted by molar-refractivity contribution is -0.384. The summed E-state index contributed by atoms with van der Waals surface area (Å²) in [5.41, 5.74) is 0.546. The van der Waals surface area contributed by atoms with Gasteiger partial charge in [-0.2, -0.15) is 0 Å². The van der Waals surface area contributed by atoms with E-state index < -0.39 is 14.8 Å². The molecule has 0 bridgehead atoms. The van der Waals surface area contributed by atoms with Gasteiger partial charge in [0, 0.05) is 25.4 Å². The van der Waals surface area contributed by atoms with Crippen LogP contribution in [-0.2, 0) is 16.3 Å². The molecule has 0 fully saturated rings. The van der Waals surface area contributed by atoms with Gasteiger partial charge in [-0.25, -0.2) is 13.4 Å². The Balaban J connectivity index is 1.96. The molecule has 1 aromatic heterocycles. The topological polar surface area (TPSA) is 131 Å². The predicted octanol–water partition coefficient (Wildman–Crippen LogP) is 2.95. The number of anilines is 1. The van der Waals surface area contributed by atoms with E-state index in [0.29, 0.717) is 10.6 Å². The summed E-state index contributed by atoms with van der Waals surface area (Å²) in [6, 6.07) is 3.68. The summed E-state index contributed by atoms with van der Waals surface area (Å²) in [5, 5.41) is 17.8. The Morgan fingerprint density at radius 1 is 1.31 bits per heavy atom. The van der Waals surface area contributed by atoms with Crippen molar-refractivity contribution in [3.8, 4) is 0 Å². The minimum absolute atomic E-state index is 0.123. The Bertz CT molecular complexity index is 1000. The Hall–Kier alpha value is -2.53. The summed E-state index contributed by atoms with van der Waals surface area (Å²) >= 11 is 1.38. The number of amides is 1. The number of nitro benzene ring substituents is 1. The van der Waals surface area contributed by atoms with Crippen LogP contribution in [0.4, 0.5) is 11.4 Å². The fourth-order valence-electron chi connectivity index (χ4n) is 2.59. The normalized spacial score (nSPS) is 11.3. The van der Waals surface area contributed by atoms with Gasteiger partial charge in [-0.15, -0.1) is 11.3 Å². The zero-order chi connectivity index (χ0) is 21.6. The van der Waals surface area contributed by atoms with E-state index >= 15 is 0 Å². The molecule has 0 aliphatic carbocycles. The third kappa shape index (κ3) is 6.23. The standard InChI is InChI=1S/C18H24N4O5S2/c1-4-5-6-16-21-12(2)17(28-16)18(23)20-10-9-19-14-8-7-13(29(3,26)27)11-15(14)22(24)25/h7-8,11,19H,4-6,9-10H2,1-3H3,(H,20,23). The highest BCUT2D eigenvalue weighted by atomic mass is 32.2. The average Bonchev–Trinajstić information content (AvgIpc) is 3.03. The van der Waals surface area contributed by atoms with Gasteiger partial charge in [0.25, 0.3) is 11.6 Å². The lowest BCUT2D eigenvalue weighted by atomic mass is 10.2. The minimum Gasteiger partial charge on any atom is -0.378 e. The molecule has 0 radical (unpaired) electrons. The van der Waals surface area contributed by atoms with Gasteiger partial charge in [-0.1, -0.05) is 13.3 Å². The van der Waals surface area contributed by atoms with Crippen molar-refractivity contribution in [3.05, 3.63) is 43.9 Å². The van der Waals surface area contributed by atoms with Gasteiger partial charge in [0.05, 0.1) is 20.5 Å². The summed E-state index contributed by atoms with van der Waals surface area (Å²) in [6.07, 6.45) is 3.92. The highest BCUT2D eigenvalue weighted by Crippen LogP contribution is 2.27. The van der Waals surface area contributed by atoms with Crippen LogP contribution in [0, 0.1) is 17.0 Å². The molecule has 0 atom stereocenters. The molecule has 11 heteroatoms. The molecule has 0 spiro atoms. The lowest BCUT2D eigenvalue weighted by Gasteiger charge is -2.09. The number of hydrogen-bond acceptors (Lipinski definition) is 8. The van der Waals surface area contributed by atoms with Crippen LogP contribution in [0.15, 0.2) is 23.1 Å². The number of unbranched alkanes of at least 4 members (excludes halogenated alkanes) is 1. The molecular formula is C18H24N4O5S2. The van der Waals surface area contributed by atoms with E-state index in [9.17, 15) is 23.3 Å². The fraction of sp³-hybridized carbons (Fsp3) is 0.444. The smallest absolute Gasteiger partial charge is 0.293 e.